The molecule has 0 saturated carbocycles. The Kier molecular flexibility index (Phi) is 6.14. The van der Waals surface area contributed by atoms with E-state index in [4.69, 9.17) is 4.74 Å². The maximum atomic E-state index is 12.2. The van der Waals surface area contributed by atoms with Gasteiger partial charge in [-0.15, -0.1) is 16.8 Å². The first-order valence-electron chi connectivity index (χ1n) is 7.17. The van der Waals surface area contributed by atoms with Crippen LogP contribution < -0.4 is 5.32 Å². The number of nitrogens with zero attached hydrogens (tertiary/aromatic N) is 3. The predicted octanol–water partition coefficient (Wildman–Crippen LogP) is 2.29. The average molecular weight is 346 g/mol. The quantitative estimate of drug-likeness (QED) is 0.470. The lowest BCUT2D eigenvalue weighted by Gasteiger charge is -2.09. The second kappa shape index (κ2) is 8.30. The number of thioether (sulfide) groups is 1. The number of esters is 1. The summed E-state index contributed by atoms with van der Waals surface area (Å²) in [7, 11) is 1.30. The fourth-order valence-corrected chi connectivity index (χ4v) is 2.80. The summed E-state index contributed by atoms with van der Waals surface area (Å²) in [5.74, 6) is 0.154. The largest absolute Gasteiger partial charge is 0.465 e. The molecule has 1 amide bonds. The van der Waals surface area contributed by atoms with E-state index in [9.17, 15) is 9.59 Å². The fourth-order valence-electron chi connectivity index (χ4n) is 2.00. The molecule has 2 aromatic rings. The fraction of sp³-hybridized carbons (Fsp3) is 0.250. The van der Waals surface area contributed by atoms with Gasteiger partial charge in [-0.2, -0.15) is 0 Å². The van der Waals surface area contributed by atoms with Crippen LogP contribution >= 0.6 is 11.8 Å². The standard InChI is InChI=1S/C16H18N4O3S/c1-4-9-20-11(2)18-19-16(20)24-10-14(21)17-13-8-6-5-7-12(13)15(22)23-3/h4-8H,1,9-10H2,2-3H3,(H,17,21). The van der Waals surface area contributed by atoms with Gasteiger partial charge in [0.2, 0.25) is 5.91 Å². The number of carbonyl (C=O) groups is 2. The number of carbonyl (C=O) groups excluding carboxylic acids is 2. The molecule has 1 aromatic carbocycles. The van der Waals surface area contributed by atoms with Crippen molar-refractivity contribution in [1.29, 1.82) is 0 Å². The summed E-state index contributed by atoms with van der Waals surface area (Å²) in [6.45, 7) is 6.11. The van der Waals surface area contributed by atoms with E-state index in [1.54, 1.807) is 30.3 Å². The van der Waals surface area contributed by atoms with Crippen molar-refractivity contribution in [3.05, 3.63) is 48.3 Å². The van der Waals surface area contributed by atoms with Crippen molar-refractivity contribution >= 4 is 29.3 Å². The second-order valence-corrected chi connectivity index (χ2v) is 5.75. The molecule has 0 aliphatic heterocycles. The van der Waals surface area contributed by atoms with Crippen molar-refractivity contribution in [1.82, 2.24) is 14.8 Å². The van der Waals surface area contributed by atoms with Gasteiger partial charge in [-0.3, -0.25) is 4.79 Å². The van der Waals surface area contributed by atoms with Crippen LogP contribution in [-0.4, -0.2) is 39.5 Å². The Morgan fingerprint density at radius 2 is 2.12 bits per heavy atom. The van der Waals surface area contributed by atoms with Gasteiger partial charge in [-0.1, -0.05) is 30.0 Å². The Morgan fingerprint density at radius 3 is 2.83 bits per heavy atom. The van der Waals surface area contributed by atoms with Crippen molar-refractivity contribution in [3.8, 4) is 0 Å². The van der Waals surface area contributed by atoms with Crippen LogP contribution in [-0.2, 0) is 16.1 Å². The van der Waals surface area contributed by atoms with Crippen molar-refractivity contribution < 1.29 is 14.3 Å². The minimum Gasteiger partial charge on any atom is -0.465 e. The molecule has 0 unspecified atom stereocenters. The molecule has 0 aliphatic carbocycles. The van der Waals surface area contributed by atoms with Crippen LogP contribution in [0.25, 0.3) is 0 Å². The van der Waals surface area contributed by atoms with Crippen molar-refractivity contribution in [3.63, 3.8) is 0 Å². The molecule has 1 heterocycles. The first kappa shape index (κ1) is 17.7. The summed E-state index contributed by atoms with van der Waals surface area (Å²) in [4.78, 5) is 23.9. The van der Waals surface area contributed by atoms with Gasteiger partial charge in [0.05, 0.1) is 24.1 Å². The molecule has 126 valence electrons. The highest BCUT2D eigenvalue weighted by Gasteiger charge is 2.15. The molecule has 0 fully saturated rings. The van der Waals surface area contributed by atoms with Crippen LogP contribution in [0, 0.1) is 6.92 Å². The number of hydrogen-bond acceptors (Lipinski definition) is 6. The number of benzene rings is 1. The first-order valence-corrected chi connectivity index (χ1v) is 8.16. The van der Waals surface area contributed by atoms with E-state index in [0.29, 0.717) is 23.0 Å². The van der Waals surface area contributed by atoms with Crippen LogP contribution in [0.3, 0.4) is 0 Å². The topological polar surface area (TPSA) is 86.1 Å². The number of rotatable bonds is 7. The zero-order chi connectivity index (χ0) is 17.5. The van der Waals surface area contributed by atoms with Crippen molar-refractivity contribution in [2.75, 3.05) is 18.2 Å². The Morgan fingerprint density at radius 1 is 1.38 bits per heavy atom. The number of amides is 1. The van der Waals surface area contributed by atoms with E-state index in [2.05, 4.69) is 22.1 Å². The van der Waals surface area contributed by atoms with Crippen molar-refractivity contribution in [2.24, 2.45) is 0 Å². The molecular weight excluding hydrogens is 328 g/mol. The summed E-state index contributed by atoms with van der Waals surface area (Å²) in [5, 5.41) is 11.4. The first-order chi connectivity index (χ1) is 11.6. The minimum absolute atomic E-state index is 0.144. The zero-order valence-electron chi connectivity index (χ0n) is 13.5. The van der Waals surface area contributed by atoms with Gasteiger partial charge < -0.3 is 14.6 Å². The Hall–Kier alpha value is -2.61. The van der Waals surface area contributed by atoms with Gasteiger partial charge in [-0.05, 0) is 19.1 Å². The third-order valence-electron chi connectivity index (χ3n) is 3.15. The van der Waals surface area contributed by atoms with Gasteiger partial charge in [0, 0.05) is 6.54 Å². The van der Waals surface area contributed by atoms with E-state index in [0.717, 1.165) is 5.82 Å². The molecule has 2 rings (SSSR count). The van der Waals surface area contributed by atoms with Gasteiger partial charge in [0.25, 0.3) is 0 Å². The van der Waals surface area contributed by atoms with Gasteiger partial charge in [-0.25, -0.2) is 4.79 Å². The van der Waals surface area contributed by atoms with E-state index >= 15 is 0 Å². The highest BCUT2D eigenvalue weighted by Crippen LogP contribution is 2.19. The molecule has 8 heteroatoms. The number of hydrogen-bond donors (Lipinski definition) is 1. The van der Waals surface area contributed by atoms with E-state index < -0.39 is 5.97 Å². The summed E-state index contributed by atoms with van der Waals surface area (Å²) in [6, 6.07) is 6.69. The van der Waals surface area contributed by atoms with Crippen LogP contribution in [0.5, 0.6) is 0 Å². The summed E-state index contributed by atoms with van der Waals surface area (Å²) >= 11 is 1.27. The molecule has 1 aromatic heterocycles. The maximum Gasteiger partial charge on any atom is 0.339 e. The Labute approximate surface area is 144 Å². The molecule has 0 aliphatic rings. The molecule has 7 nitrogen and oxygen atoms in total. The molecule has 0 spiro atoms. The van der Waals surface area contributed by atoms with Crippen molar-refractivity contribution in [2.45, 2.75) is 18.6 Å². The summed E-state index contributed by atoms with van der Waals surface area (Å²) in [6.07, 6.45) is 1.74. The van der Waals surface area contributed by atoms with Crippen LogP contribution in [0.1, 0.15) is 16.2 Å². The Balaban J connectivity index is 2.02. The average Bonchev–Trinajstić information content (AvgIpc) is 2.93. The lowest BCUT2D eigenvalue weighted by Crippen LogP contribution is -2.17. The van der Waals surface area contributed by atoms with E-state index in [1.165, 1.54) is 18.9 Å². The molecule has 0 bridgehead atoms. The maximum absolute atomic E-state index is 12.2. The third-order valence-corrected chi connectivity index (χ3v) is 4.12. The van der Waals surface area contributed by atoms with Gasteiger partial charge >= 0.3 is 5.97 Å². The number of aryl methyl sites for hydroxylation is 1. The monoisotopic (exact) mass is 346 g/mol. The number of ether oxygens (including phenoxy) is 1. The third kappa shape index (κ3) is 4.23. The lowest BCUT2D eigenvalue weighted by molar-refractivity contribution is -0.113. The second-order valence-electron chi connectivity index (χ2n) is 4.80. The summed E-state index contributed by atoms with van der Waals surface area (Å²) in [5.41, 5.74) is 0.725. The highest BCUT2D eigenvalue weighted by atomic mass is 32.2. The molecular formula is C16H18N4O3S. The number of anilines is 1. The SMILES string of the molecule is C=CCn1c(C)nnc1SCC(=O)Nc1ccccc1C(=O)OC. The number of allylic oxidation sites excluding steroid dienone is 1. The minimum atomic E-state index is -0.500. The normalized spacial score (nSPS) is 10.2. The van der Waals surface area contributed by atoms with Crippen LogP contribution in [0.15, 0.2) is 42.1 Å². The van der Waals surface area contributed by atoms with Gasteiger partial charge in [0.15, 0.2) is 5.16 Å². The number of nitrogens with one attached hydrogen (secondary N) is 1. The summed E-state index contributed by atoms with van der Waals surface area (Å²) < 4.78 is 6.58. The van der Waals surface area contributed by atoms with Gasteiger partial charge in [0.1, 0.15) is 5.82 Å². The number of para-hydroxylation sites is 1. The number of aromatic nitrogens is 3. The predicted molar refractivity (Wildman–Crippen MR) is 92.1 cm³/mol. The lowest BCUT2D eigenvalue weighted by atomic mass is 10.2. The zero-order valence-corrected chi connectivity index (χ0v) is 14.3. The number of methoxy groups -OCH3 is 1. The smallest absolute Gasteiger partial charge is 0.339 e. The molecule has 0 radical (unpaired) electrons. The van der Waals surface area contributed by atoms with E-state index in [-0.39, 0.29) is 11.7 Å². The van der Waals surface area contributed by atoms with Crippen LogP contribution in [0.4, 0.5) is 5.69 Å². The van der Waals surface area contributed by atoms with Crippen LogP contribution in [0.2, 0.25) is 0 Å². The van der Waals surface area contributed by atoms with E-state index in [1.807, 2.05) is 11.5 Å². The molecule has 24 heavy (non-hydrogen) atoms. The highest BCUT2D eigenvalue weighted by molar-refractivity contribution is 7.99. The Bertz CT molecular complexity index is 758. The molecule has 0 saturated heterocycles. The molecule has 0 atom stereocenters. The molecule has 1 N–H and O–H groups in total.